The summed E-state index contributed by atoms with van der Waals surface area (Å²) in [6, 6.07) is 0. The number of halogens is 1. The van der Waals surface area contributed by atoms with Crippen molar-refractivity contribution in [2.75, 3.05) is 52.7 Å². The van der Waals surface area contributed by atoms with Crippen LogP contribution in [0.5, 0.6) is 0 Å². The number of rotatable bonds is 9. The average Bonchev–Trinajstić information content (AvgIpc) is 3.00. The maximum absolute atomic E-state index is 16.2. The molecule has 0 spiro atoms. The van der Waals surface area contributed by atoms with Crippen molar-refractivity contribution in [2.24, 2.45) is 40.1 Å². The van der Waals surface area contributed by atoms with Gasteiger partial charge in [-0.15, -0.1) is 0 Å². The van der Waals surface area contributed by atoms with Gasteiger partial charge in [-0.1, -0.05) is 30.4 Å². The Kier molecular flexibility index (Phi) is 10.7. The normalized spacial score (nSPS) is 35.5. The second kappa shape index (κ2) is 14.6. The Labute approximate surface area is 243 Å². The van der Waals surface area contributed by atoms with Gasteiger partial charge < -0.3 is 31.4 Å². The number of aliphatic hydroxyl groups excluding tert-OH is 1. The molecule has 7 N–H and O–H groups in total. The van der Waals surface area contributed by atoms with E-state index < -0.39 is 12.4 Å². The molecule has 2 saturated heterocycles. The molecule has 3 aliphatic heterocycles. The summed E-state index contributed by atoms with van der Waals surface area (Å²) < 4.78 is 27.4. The molecular weight excluding hydrogens is 523 g/mol. The number of nitrogens with one attached hydrogen (secondary N) is 2. The van der Waals surface area contributed by atoms with Crippen molar-refractivity contribution in [2.45, 2.75) is 50.6 Å². The van der Waals surface area contributed by atoms with E-state index in [0.29, 0.717) is 64.7 Å². The molecule has 41 heavy (non-hydrogen) atoms. The van der Waals surface area contributed by atoms with Gasteiger partial charge in [0.05, 0.1) is 38.9 Å². The van der Waals surface area contributed by atoms with Crippen LogP contribution in [0.3, 0.4) is 0 Å². The van der Waals surface area contributed by atoms with E-state index in [1.54, 1.807) is 6.20 Å². The van der Waals surface area contributed by atoms with E-state index in [4.69, 9.17) is 20.9 Å². The van der Waals surface area contributed by atoms with Crippen LogP contribution in [-0.4, -0.2) is 87.4 Å². The molecule has 5 rings (SSSR count). The van der Waals surface area contributed by atoms with E-state index in [1.165, 1.54) is 5.57 Å². The Bertz CT molecular complexity index is 1070. The predicted molar refractivity (Wildman–Crippen MR) is 159 cm³/mol. The molecule has 9 nitrogen and oxygen atoms in total. The van der Waals surface area contributed by atoms with E-state index in [1.807, 2.05) is 12.3 Å². The van der Waals surface area contributed by atoms with Gasteiger partial charge in [0.1, 0.15) is 18.5 Å². The highest BCUT2D eigenvalue weighted by atomic mass is 19.1. The first-order chi connectivity index (χ1) is 20.0. The fourth-order valence-corrected chi connectivity index (χ4v) is 6.66. The zero-order chi connectivity index (χ0) is 28.6. The minimum Gasteiger partial charge on any atom is -0.404 e. The number of nitrogens with zero attached hydrogens (tertiary/aromatic N) is 2. The third kappa shape index (κ3) is 7.87. The van der Waals surface area contributed by atoms with Gasteiger partial charge in [-0.05, 0) is 55.0 Å². The van der Waals surface area contributed by atoms with E-state index in [9.17, 15) is 5.11 Å². The van der Waals surface area contributed by atoms with Gasteiger partial charge in [0.2, 0.25) is 0 Å². The van der Waals surface area contributed by atoms with Crippen LogP contribution in [0.25, 0.3) is 0 Å². The number of aliphatic imine (C=N–C) groups is 1. The Hall–Kier alpha value is -2.50. The van der Waals surface area contributed by atoms with Crippen molar-refractivity contribution in [3.63, 3.8) is 0 Å². The molecule has 2 aliphatic carbocycles. The fourth-order valence-electron chi connectivity index (χ4n) is 6.66. The third-order valence-electron chi connectivity index (χ3n) is 8.98. The zero-order valence-electron chi connectivity index (χ0n) is 24.0. The minimum atomic E-state index is -1.08. The number of ether oxygens (including phenoxy) is 2. The number of nitrogens with two attached hydrogens (primary N) is 2. The van der Waals surface area contributed by atoms with E-state index in [-0.39, 0.29) is 29.8 Å². The fraction of sp³-hybridized carbons (Fsp3) is 0.645. The molecule has 0 amide bonds. The topological polar surface area (TPSA) is 130 Å². The van der Waals surface area contributed by atoms with Gasteiger partial charge in [0.15, 0.2) is 0 Å². The Morgan fingerprint density at radius 2 is 2.17 bits per heavy atom. The highest BCUT2D eigenvalue weighted by Gasteiger charge is 2.39. The highest BCUT2D eigenvalue weighted by molar-refractivity contribution is 5.79. The van der Waals surface area contributed by atoms with Crippen LogP contribution < -0.4 is 22.1 Å². The van der Waals surface area contributed by atoms with E-state index >= 15 is 4.39 Å². The first-order valence-corrected chi connectivity index (χ1v) is 15.1. The summed E-state index contributed by atoms with van der Waals surface area (Å²) in [7, 11) is 0. The predicted octanol–water partition coefficient (Wildman–Crippen LogP) is 2.09. The largest absolute Gasteiger partial charge is 0.404 e. The smallest absolute Gasteiger partial charge is 0.113 e. The quantitative estimate of drug-likeness (QED) is 0.211. The van der Waals surface area contributed by atoms with Crippen molar-refractivity contribution in [1.82, 2.24) is 15.5 Å². The Balaban J connectivity index is 1.19. The number of aliphatic hydroxyl groups is 1. The molecule has 3 heterocycles. The molecule has 2 fully saturated rings. The van der Waals surface area contributed by atoms with Crippen LogP contribution in [0.15, 0.2) is 64.1 Å². The van der Waals surface area contributed by atoms with Gasteiger partial charge in [-0.3, -0.25) is 15.2 Å². The molecule has 0 aromatic rings. The lowest BCUT2D eigenvalue weighted by Crippen LogP contribution is -2.54. The van der Waals surface area contributed by atoms with Crippen molar-refractivity contribution in [3.05, 3.63) is 59.1 Å². The molecule has 0 aromatic heterocycles. The molecule has 0 aromatic carbocycles. The van der Waals surface area contributed by atoms with Crippen LogP contribution in [0.4, 0.5) is 4.39 Å². The summed E-state index contributed by atoms with van der Waals surface area (Å²) in [6.07, 6.45) is 16.4. The molecule has 10 heteroatoms. The molecule has 5 aliphatic rings. The maximum atomic E-state index is 16.2. The van der Waals surface area contributed by atoms with Gasteiger partial charge >= 0.3 is 0 Å². The van der Waals surface area contributed by atoms with E-state index in [2.05, 4.69) is 44.8 Å². The lowest BCUT2D eigenvalue weighted by atomic mass is 9.73. The Morgan fingerprint density at radius 1 is 1.27 bits per heavy atom. The van der Waals surface area contributed by atoms with Crippen molar-refractivity contribution in [1.29, 1.82) is 0 Å². The summed E-state index contributed by atoms with van der Waals surface area (Å²) in [5.74, 6) is -0.0379. The molecule has 0 saturated carbocycles. The van der Waals surface area contributed by atoms with Crippen molar-refractivity contribution >= 4 is 6.21 Å². The van der Waals surface area contributed by atoms with Gasteiger partial charge in [0, 0.05) is 49.5 Å². The number of alkyl halides is 1. The lowest BCUT2D eigenvalue weighted by molar-refractivity contribution is -0.0832. The monoisotopic (exact) mass is 570 g/mol. The standard InChI is InChI=1S/C31H47FN6O3/c32-29-22(11-24-18-38(20-37-31(24)39)17-21-5-2-1-3-6-21)7-4-8-27(29)28-12-23(15-36-30(28)34)25(13-33)14-35-16-26-19-40-9-10-41-26/h2,4-7,13-14,22-24,26-27,29,31,36-37,39H,1,3,8-12,15-20,33-34H2/t22?,23?,24?,26-,27+,29?,31?/m0/s1. The molecule has 5 unspecified atom stereocenters. The lowest BCUT2D eigenvalue weighted by Gasteiger charge is -2.41. The number of hydrogen-bond acceptors (Lipinski definition) is 9. The second-order valence-electron chi connectivity index (χ2n) is 11.9. The first kappa shape index (κ1) is 30.0. The molecule has 0 bridgehead atoms. The van der Waals surface area contributed by atoms with Gasteiger partial charge in [-0.2, -0.15) is 0 Å². The summed E-state index contributed by atoms with van der Waals surface area (Å²) >= 11 is 0. The first-order valence-electron chi connectivity index (χ1n) is 15.1. The number of hydrogen-bond donors (Lipinski definition) is 5. The van der Waals surface area contributed by atoms with Gasteiger partial charge in [-0.25, -0.2) is 4.39 Å². The van der Waals surface area contributed by atoms with Crippen LogP contribution in [0.1, 0.15) is 32.1 Å². The summed E-state index contributed by atoms with van der Waals surface area (Å²) in [5.41, 5.74) is 15.6. The molecular formula is C31H47FN6O3. The number of allylic oxidation sites excluding steroid dienone is 5. The molecule has 7 atom stereocenters. The van der Waals surface area contributed by atoms with Crippen molar-refractivity contribution in [3.8, 4) is 0 Å². The van der Waals surface area contributed by atoms with Crippen molar-refractivity contribution < 1.29 is 19.0 Å². The SMILES string of the molecule is NC=C(C=NC[C@H]1COCCO1)C1CNC(N)=C([C@H]2CC=CC(CC3CN(CC4=CCCC=C4)CNC3O)C2F)C1. The highest BCUT2D eigenvalue weighted by Crippen LogP contribution is 2.40. The zero-order valence-corrected chi connectivity index (χ0v) is 24.0. The van der Waals surface area contributed by atoms with E-state index in [0.717, 1.165) is 37.1 Å². The maximum Gasteiger partial charge on any atom is 0.113 e. The molecule has 0 radical (unpaired) electrons. The van der Waals surface area contributed by atoms with Gasteiger partial charge in [0.25, 0.3) is 0 Å². The Morgan fingerprint density at radius 3 is 2.95 bits per heavy atom. The third-order valence-corrected chi connectivity index (χ3v) is 8.98. The molecule has 226 valence electrons. The van der Waals surface area contributed by atoms with Crippen LogP contribution in [0.2, 0.25) is 0 Å². The minimum absolute atomic E-state index is 0.0426. The van der Waals surface area contributed by atoms with Crippen LogP contribution >= 0.6 is 0 Å². The average molecular weight is 571 g/mol. The van der Waals surface area contributed by atoms with Crippen LogP contribution in [0, 0.1) is 23.7 Å². The summed E-state index contributed by atoms with van der Waals surface area (Å²) in [6.45, 7) is 5.09. The second-order valence-corrected chi connectivity index (χ2v) is 11.9. The summed E-state index contributed by atoms with van der Waals surface area (Å²) in [4.78, 5) is 6.87. The van der Waals surface area contributed by atoms with Crippen LogP contribution in [-0.2, 0) is 9.47 Å². The summed E-state index contributed by atoms with van der Waals surface area (Å²) in [5, 5.41) is 17.3.